The normalized spacial score (nSPS) is 27.3. The lowest BCUT2D eigenvalue weighted by Crippen LogP contribution is -2.41. The van der Waals surface area contributed by atoms with E-state index in [2.05, 4.69) is 19.2 Å². The summed E-state index contributed by atoms with van der Waals surface area (Å²) in [5, 5.41) is 26.3. The monoisotopic (exact) mass is 445 g/mol. The number of anilines is 1. The molecule has 5 atom stereocenters. The molecular formula is C22H22ClN2O4S-. The van der Waals surface area contributed by atoms with E-state index in [4.69, 9.17) is 11.6 Å². The van der Waals surface area contributed by atoms with Crippen LogP contribution in [0.25, 0.3) is 0 Å². The molecule has 6 nitrogen and oxygen atoms in total. The number of hydrogen-bond acceptors (Lipinski definition) is 6. The van der Waals surface area contributed by atoms with Gasteiger partial charge in [0.25, 0.3) is 5.69 Å². The van der Waals surface area contributed by atoms with E-state index in [0.717, 1.165) is 12.0 Å². The third-order valence-corrected chi connectivity index (χ3v) is 8.28. The molecule has 0 bridgehead atoms. The summed E-state index contributed by atoms with van der Waals surface area (Å²) in [6.07, 6.45) is 0.792. The largest absolute Gasteiger partial charge is 0.545 e. The Morgan fingerprint density at radius 3 is 2.63 bits per heavy atom. The van der Waals surface area contributed by atoms with E-state index in [0.29, 0.717) is 10.6 Å². The van der Waals surface area contributed by atoms with E-state index >= 15 is 0 Å². The molecule has 0 amide bonds. The molecule has 30 heavy (non-hydrogen) atoms. The predicted molar refractivity (Wildman–Crippen MR) is 116 cm³/mol. The number of carboxylic acids is 1. The van der Waals surface area contributed by atoms with Gasteiger partial charge in [-0.3, -0.25) is 10.1 Å². The summed E-state index contributed by atoms with van der Waals surface area (Å²) < 4.78 is 0. The fourth-order valence-corrected chi connectivity index (χ4v) is 6.83. The molecule has 2 aliphatic rings. The Morgan fingerprint density at radius 1 is 1.23 bits per heavy atom. The Balaban J connectivity index is 1.72. The van der Waals surface area contributed by atoms with Crippen LogP contribution < -0.4 is 10.4 Å². The number of para-hydroxylation sites is 2. The number of aromatic carboxylic acids is 1. The second kappa shape index (κ2) is 8.12. The summed E-state index contributed by atoms with van der Waals surface area (Å²) >= 11 is 8.43. The first-order chi connectivity index (χ1) is 14.3. The Kier molecular flexibility index (Phi) is 5.68. The average Bonchev–Trinajstić information content (AvgIpc) is 3.03. The Labute approximate surface area is 184 Å². The number of thioether (sulfide) groups is 1. The van der Waals surface area contributed by atoms with Crippen molar-refractivity contribution in [2.45, 2.75) is 47.8 Å². The zero-order valence-electron chi connectivity index (χ0n) is 16.6. The summed E-state index contributed by atoms with van der Waals surface area (Å²) in [6, 6.07) is 12.0. The van der Waals surface area contributed by atoms with Crippen molar-refractivity contribution in [1.82, 2.24) is 0 Å². The van der Waals surface area contributed by atoms with Crippen LogP contribution in [0.2, 0.25) is 0 Å². The third-order valence-electron chi connectivity index (χ3n) is 6.17. The van der Waals surface area contributed by atoms with Gasteiger partial charge in [0.15, 0.2) is 0 Å². The van der Waals surface area contributed by atoms with Gasteiger partial charge in [-0.25, -0.2) is 0 Å². The van der Waals surface area contributed by atoms with E-state index in [1.165, 1.54) is 17.8 Å². The van der Waals surface area contributed by atoms with Gasteiger partial charge >= 0.3 is 0 Å². The van der Waals surface area contributed by atoms with E-state index in [9.17, 15) is 20.0 Å². The van der Waals surface area contributed by atoms with Crippen LogP contribution in [-0.4, -0.2) is 27.6 Å². The highest BCUT2D eigenvalue weighted by atomic mass is 35.5. The topological polar surface area (TPSA) is 95.3 Å². The number of carboxylic acid groups (broad SMARTS) is 1. The fraction of sp³-hybridized carbons (Fsp3) is 0.409. The van der Waals surface area contributed by atoms with Gasteiger partial charge in [0.05, 0.1) is 21.2 Å². The quantitative estimate of drug-likeness (QED) is 0.419. The maximum absolute atomic E-state index is 11.7. The molecule has 1 fully saturated rings. The molecule has 1 N–H and O–H groups in total. The van der Waals surface area contributed by atoms with Crippen LogP contribution in [0.15, 0.2) is 47.4 Å². The molecular weight excluding hydrogens is 424 g/mol. The minimum atomic E-state index is -1.21. The number of carbonyl (C=O) groups is 1. The van der Waals surface area contributed by atoms with Gasteiger partial charge in [-0.1, -0.05) is 44.2 Å². The average molecular weight is 446 g/mol. The number of fused-ring (bicyclic) bond motifs is 3. The summed E-state index contributed by atoms with van der Waals surface area (Å²) in [7, 11) is 0. The highest BCUT2D eigenvalue weighted by Crippen LogP contribution is 2.56. The zero-order chi connectivity index (χ0) is 21.6. The van der Waals surface area contributed by atoms with E-state index in [1.54, 1.807) is 30.3 Å². The van der Waals surface area contributed by atoms with Crippen molar-refractivity contribution < 1.29 is 14.8 Å². The molecule has 1 saturated carbocycles. The standard InChI is InChI=1S/C22H23ClN2O4S/c1-11(2)20-14-10-17(30-16-9-4-3-8-15(16)25(28)29)19(23)18(14)12-6-5-7-13(22(26)27)21(12)24-20/h3-9,11,14,17-20,24H,10H2,1-2H3,(H,26,27)/p-1/t14-,17+,18+,19+,20+/m1/s1. The summed E-state index contributed by atoms with van der Waals surface area (Å²) in [4.78, 5) is 23.3. The van der Waals surface area contributed by atoms with E-state index in [-0.39, 0.29) is 50.6 Å². The molecule has 1 aliphatic heterocycles. The Bertz CT molecular complexity index is 999. The molecule has 0 radical (unpaired) electrons. The molecule has 0 aromatic heterocycles. The molecule has 2 aromatic rings. The lowest BCUT2D eigenvalue weighted by Gasteiger charge is -2.41. The van der Waals surface area contributed by atoms with Crippen molar-refractivity contribution in [3.63, 3.8) is 0 Å². The van der Waals surface area contributed by atoms with Crippen LogP contribution in [0, 0.1) is 22.0 Å². The second-order valence-electron chi connectivity index (χ2n) is 8.22. The first kappa shape index (κ1) is 21.0. The van der Waals surface area contributed by atoms with Crippen LogP contribution >= 0.6 is 23.4 Å². The number of nitro benzene ring substituents is 1. The minimum Gasteiger partial charge on any atom is -0.545 e. The van der Waals surface area contributed by atoms with Gasteiger partial charge in [0.2, 0.25) is 0 Å². The molecule has 0 saturated heterocycles. The van der Waals surface area contributed by atoms with E-state index < -0.39 is 5.97 Å². The smallest absolute Gasteiger partial charge is 0.282 e. The van der Waals surface area contributed by atoms with Crippen molar-refractivity contribution in [3.05, 3.63) is 63.7 Å². The number of benzene rings is 2. The van der Waals surface area contributed by atoms with Crippen molar-refractivity contribution >= 4 is 40.7 Å². The van der Waals surface area contributed by atoms with Gasteiger partial charge < -0.3 is 15.2 Å². The summed E-state index contributed by atoms with van der Waals surface area (Å²) in [5.74, 6) is -0.776. The van der Waals surface area contributed by atoms with Crippen molar-refractivity contribution in [2.75, 3.05) is 5.32 Å². The number of nitrogens with one attached hydrogen (secondary N) is 1. The van der Waals surface area contributed by atoms with Crippen LogP contribution in [0.5, 0.6) is 0 Å². The van der Waals surface area contributed by atoms with Crippen LogP contribution in [0.3, 0.4) is 0 Å². The Morgan fingerprint density at radius 2 is 1.97 bits per heavy atom. The van der Waals surface area contributed by atoms with Gasteiger partial charge in [0, 0.05) is 34.5 Å². The van der Waals surface area contributed by atoms with Gasteiger partial charge in [-0.05, 0) is 29.9 Å². The molecule has 0 unspecified atom stereocenters. The summed E-state index contributed by atoms with van der Waals surface area (Å²) in [6.45, 7) is 4.21. The minimum absolute atomic E-state index is 0.0247. The molecule has 8 heteroatoms. The number of nitrogens with zero attached hydrogens (tertiary/aromatic N) is 1. The first-order valence-corrected chi connectivity index (χ1v) is 11.3. The number of alkyl halides is 1. The highest BCUT2D eigenvalue weighted by molar-refractivity contribution is 8.00. The van der Waals surface area contributed by atoms with Gasteiger partial charge in [0.1, 0.15) is 0 Å². The van der Waals surface area contributed by atoms with Crippen LogP contribution in [0.4, 0.5) is 11.4 Å². The van der Waals surface area contributed by atoms with Gasteiger partial charge in [-0.2, -0.15) is 0 Å². The molecule has 2 aromatic carbocycles. The molecule has 4 rings (SSSR count). The van der Waals surface area contributed by atoms with Crippen LogP contribution in [0.1, 0.15) is 42.1 Å². The summed E-state index contributed by atoms with van der Waals surface area (Å²) in [5.41, 5.74) is 1.72. The maximum atomic E-state index is 11.7. The maximum Gasteiger partial charge on any atom is 0.282 e. The SMILES string of the molecule is CC(C)[C@@H]1Nc2c(C(=O)[O-])cccc2[C@@H]2[C@@H](Cl)[C@@H](Sc3ccccc3[N+](=O)[O-])C[C@H]21. The number of hydrogen-bond donors (Lipinski definition) is 1. The third kappa shape index (κ3) is 3.54. The number of rotatable bonds is 5. The van der Waals surface area contributed by atoms with Crippen LogP contribution in [-0.2, 0) is 0 Å². The van der Waals surface area contributed by atoms with Gasteiger partial charge in [-0.15, -0.1) is 23.4 Å². The van der Waals surface area contributed by atoms with E-state index in [1.807, 2.05) is 6.07 Å². The molecule has 158 valence electrons. The fourth-order valence-electron chi connectivity index (χ4n) is 4.88. The number of carbonyl (C=O) groups excluding carboxylic acids is 1. The first-order valence-electron chi connectivity index (χ1n) is 9.94. The zero-order valence-corrected chi connectivity index (χ0v) is 18.2. The Hall–Kier alpha value is -2.25. The van der Waals surface area contributed by atoms with Crippen molar-refractivity contribution in [1.29, 1.82) is 0 Å². The van der Waals surface area contributed by atoms with Crippen molar-refractivity contribution in [2.24, 2.45) is 11.8 Å². The van der Waals surface area contributed by atoms with Crippen molar-refractivity contribution in [3.8, 4) is 0 Å². The lowest BCUT2D eigenvalue weighted by atomic mass is 9.75. The molecule has 0 spiro atoms. The number of halogens is 1. The lowest BCUT2D eigenvalue weighted by molar-refractivity contribution is -0.387. The predicted octanol–water partition coefficient (Wildman–Crippen LogP) is 4.28. The molecule has 1 heterocycles. The molecule has 1 aliphatic carbocycles. The second-order valence-corrected chi connectivity index (χ2v) is 10.0. The number of nitro groups is 1. The highest BCUT2D eigenvalue weighted by Gasteiger charge is 2.50.